The summed E-state index contributed by atoms with van der Waals surface area (Å²) in [5, 5.41) is 6.91. The summed E-state index contributed by atoms with van der Waals surface area (Å²) in [5.41, 5.74) is 0.137. The number of aryl methyl sites for hydroxylation is 1. The Bertz CT molecular complexity index is 1240. The maximum atomic E-state index is 14.4. The topological polar surface area (TPSA) is 101 Å². The molecular weight excluding hydrogens is 469 g/mol. The van der Waals surface area contributed by atoms with Gasteiger partial charge in [-0.3, -0.25) is 4.79 Å². The lowest BCUT2D eigenvalue weighted by molar-refractivity contribution is 0.0924. The van der Waals surface area contributed by atoms with Crippen molar-refractivity contribution in [3.8, 4) is 11.3 Å². The van der Waals surface area contributed by atoms with Gasteiger partial charge in [-0.05, 0) is 56.9 Å². The van der Waals surface area contributed by atoms with Gasteiger partial charge in [0, 0.05) is 12.1 Å². The first-order valence-corrected chi connectivity index (χ1v) is 12.4. The van der Waals surface area contributed by atoms with Gasteiger partial charge in [0.05, 0.1) is 15.5 Å². The van der Waals surface area contributed by atoms with Crippen molar-refractivity contribution in [2.45, 2.75) is 49.6 Å². The van der Waals surface area contributed by atoms with Gasteiger partial charge < -0.3 is 9.84 Å². The Kier molecular flexibility index (Phi) is 6.83. The monoisotopic (exact) mass is 491 g/mol. The Morgan fingerprint density at radius 1 is 1.12 bits per heavy atom. The molecule has 174 valence electrons. The Morgan fingerprint density at radius 3 is 2.58 bits per heavy atom. The van der Waals surface area contributed by atoms with Gasteiger partial charge in [-0.2, -0.15) is 0 Å². The molecule has 1 aromatic heterocycles. The van der Waals surface area contributed by atoms with Crippen molar-refractivity contribution in [2.75, 3.05) is 0 Å². The van der Waals surface area contributed by atoms with Crippen molar-refractivity contribution in [2.24, 2.45) is 0 Å². The summed E-state index contributed by atoms with van der Waals surface area (Å²) in [6, 6.07) is 11.8. The Labute approximate surface area is 196 Å². The van der Waals surface area contributed by atoms with Gasteiger partial charge in [0.2, 0.25) is 10.0 Å². The molecule has 1 aliphatic carbocycles. The molecule has 33 heavy (non-hydrogen) atoms. The summed E-state index contributed by atoms with van der Waals surface area (Å²) in [6.45, 7) is 1.57. The van der Waals surface area contributed by atoms with E-state index in [1.165, 1.54) is 30.3 Å². The lowest BCUT2D eigenvalue weighted by atomic mass is 9.91. The molecule has 0 aliphatic heterocycles. The number of amides is 1. The van der Waals surface area contributed by atoms with Gasteiger partial charge in [-0.25, -0.2) is 17.5 Å². The molecule has 1 aliphatic rings. The first kappa shape index (κ1) is 23.4. The Balaban J connectivity index is 1.49. The van der Waals surface area contributed by atoms with Crippen LogP contribution in [-0.4, -0.2) is 31.6 Å². The number of hydrogen-bond acceptors (Lipinski definition) is 5. The van der Waals surface area contributed by atoms with Crippen LogP contribution in [0, 0.1) is 12.7 Å². The smallest absolute Gasteiger partial charge is 0.257 e. The average Bonchev–Trinajstić information content (AvgIpc) is 3.15. The number of aromatic nitrogens is 1. The molecule has 3 aromatic rings. The number of benzene rings is 2. The van der Waals surface area contributed by atoms with E-state index in [0.29, 0.717) is 19.3 Å². The maximum Gasteiger partial charge on any atom is 0.257 e. The molecule has 1 heterocycles. The summed E-state index contributed by atoms with van der Waals surface area (Å²) in [4.78, 5) is 13.3. The molecule has 7 nitrogen and oxygen atoms in total. The highest BCUT2D eigenvalue weighted by Crippen LogP contribution is 2.33. The van der Waals surface area contributed by atoms with Crippen LogP contribution in [0.5, 0.6) is 0 Å². The van der Waals surface area contributed by atoms with Crippen LogP contribution in [0.15, 0.2) is 57.9 Å². The van der Waals surface area contributed by atoms with E-state index in [2.05, 4.69) is 15.2 Å². The first-order chi connectivity index (χ1) is 15.8. The van der Waals surface area contributed by atoms with E-state index in [9.17, 15) is 17.6 Å². The van der Waals surface area contributed by atoms with Crippen LogP contribution in [0.25, 0.3) is 11.3 Å². The molecule has 2 aromatic carbocycles. The van der Waals surface area contributed by atoms with E-state index in [-0.39, 0.29) is 44.6 Å². The van der Waals surface area contributed by atoms with Gasteiger partial charge >= 0.3 is 0 Å². The lowest BCUT2D eigenvalue weighted by Crippen LogP contribution is -2.45. The summed E-state index contributed by atoms with van der Waals surface area (Å²) >= 11 is 6.15. The van der Waals surface area contributed by atoms with Crippen molar-refractivity contribution in [3.05, 3.63) is 70.7 Å². The minimum absolute atomic E-state index is 0.00157. The molecule has 4 rings (SSSR count). The molecular formula is C23H23ClFN3O4S. The third-order valence-electron chi connectivity index (χ3n) is 5.67. The first-order valence-electron chi connectivity index (χ1n) is 10.5. The van der Waals surface area contributed by atoms with Gasteiger partial charge in [-0.1, -0.05) is 41.0 Å². The highest BCUT2D eigenvalue weighted by Gasteiger charge is 2.30. The third-order valence-corrected chi connectivity index (χ3v) is 7.53. The van der Waals surface area contributed by atoms with Crippen LogP contribution in [-0.2, 0) is 10.0 Å². The van der Waals surface area contributed by atoms with Crippen LogP contribution >= 0.6 is 11.6 Å². The van der Waals surface area contributed by atoms with E-state index in [1.54, 1.807) is 25.1 Å². The predicted octanol–water partition coefficient (Wildman–Crippen LogP) is 4.46. The van der Waals surface area contributed by atoms with Crippen LogP contribution in [0.4, 0.5) is 4.39 Å². The zero-order valence-corrected chi connectivity index (χ0v) is 19.4. The lowest BCUT2D eigenvalue weighted by Gasteiger charge is -2.30. The normalized spacial score (nSPS) is 18.8. The number of sulfonamides is 1. The largest absolute Gasteiger partial charge is 0.360 e. The van der Waals surface area contributed by atoms with E-state index in [4.69, 9.17) is 16.1 Å². The second-order valence-corrected chi connectivity index (χ2v) is 10.1. The average molecular weight is 492 g/mol. The molecule has 2 atom stereocenters. The van der Waals surface area contributed by atoms with E-state index >= 15 is 0 Å². The Hall–Kier alpha value is -2.75. The van der Waals surface area contributed by atoms with Crippen LogP contribution in [0.3, 0.4) is 0 Å². The number of nitrogens with one attached hydrogen (secondary N) is 2. The molecule has 1 fully saturated rings. The third kappa shape index (κ3) is 5.10. The van der Waals surface area contributed by atoms with Crippen LogP contribution in [0.2, 0.25) is 5.02 Å². The molecule has 2 unspecified atom stereocenters. The number of nitrogens with zero attached hydrogens (tertiary/aromatic N) is 1. The molecule has 0 saturated heterocycles. The van der Waals surface area contributed by atoms with Crippen molar-refractivity contribution in [3.63, 3.8) is 0 Å². The number of halogens is 2. The maximum absolute atomic E-state index is 14.4. The summed E-state index contributed by atoms with van der Waals surface area (Å²) in [5.74, 6) is -0.850. The zero-order chi connectivity index (χ0) is 23.6. The second-order valence-electron chi connectivity index (χ2n) is 8.03. The summed E-state index contributed by atoms with van der Waals surface area (Å²) < 4.78 is 47.7. The minimum Gasteiger partial charge on any atom is -0.360 e. The van der Waals surface area contributed by atoms with Crippen molar-refractivity contribution < 1.29 is 22.1 Å². The van der Waals surface area contributed by atoms with Gasteiger partial charge in [-0.15, -0.1) is 0 Å². The van der Waals surface area contributed by atoms with Crippen molar-refractivity contribution in [1.29, 1.82) is 0 Å². The summed E-state index contributed by atoms with van der Waals surface area (Å²) in [6.07, 6.45) is 2.52. The number of rotatable bonds is 6. The molecule has 0 spiro atoms. The minimum atomic E-state index is -3.66. The number of hydrogen-bond donors (Lipinski definition) is 2. The highest BCUT2D eigenvalue weighted by molar-refractivity contribution is 7.89. The number of carbonyl (C=O) groups excluding carboxylic acids is 1. The summed E-state index contributed by atoms with van der Waals surface area (Å²) in [7, 11) is -3.66. The van der Waals surface area contributed by atoms with Crippen LogP contribution in [0.1, 0.15) is 41.8 Å². The highest BCUT2D eigenvalue weighted by atomic mass is 35.5. The zero-order valence-electron chi connectivity index (χ0n) is 17.8. The van der Waals surface area contributed by atoms with E-state index < -0.39 is 21.7 Å². The van der Waals surface area contributed by atoms with E-state index in [0.717, 1.165) is 6.42 Å². The second kappa shape index (κ2) is 9.62. The molecule has 10 heteroatoms. The molecule has 0 bridgehead atoms. The SMILES string of the molecule is Cc1onc(-c2c(F)cccc2Cl)c1C(=O)NC1CCCC(NS(=O)(=O)c2ccccc2)C1. The standard InChI is InChI=1S/C23H23ClFN3O4S/c1-14-20(22(27-32-14)21-18(24)11-6-12-19(21)25)23(29)26-15-7-5-8-16(13-15)28-33(30,31)17-9-3-2-4-10-17/h2-4,6,9-12,15-16,28H,5,7-8,13H2,1H3,(H,26,29). The fraction of sp³-hybridized carbons (Fsp3) is 0.304. The fourth-order valence-corrected chi connectivity index (χ4v) is 5.66. The quantitative estimate of drug-likeness (QED) is 0.530. The fourth-order valence-electron chi connectivity index (χ4n) is 4.11. The van der Waals surface area contributed by atoms with E-state index in [1.807, 2.05) is 0 Å². The number of carbonyl (C=O) groups is 1. The van der Waals surface area contributed by atoms with Gasteiger partial charge in [0.15, 0.2) is 0 Å². The molecule has 1 saturated carbocycles. The van der Waals surface area contributed by atoms with Crippen LogP contribution < -0.4 is 10.0 Å². The molecule has 1 amide bonds. The van der Waals surface area contributed by atoms with Crippen molar-refractivity contribution >= 4 is 27.5 Å². The molecule has 0 radical (unpaired) electrons. The van der Waals surface area contributed by atoms with Gasteiger partial charge in [0.25, 0.3) is 5.91 Å². The van der Waals surface area contributed by atoms with Gasteiger partial charge in [0.1, 0.15) is 22.8 Å². The Morgan fingerprint density at radius 2 is 1.85 bits per heavy atom. The molecule has 2 N–H and O–H groups in total. The van der Waals surface area contributed by atoms with Crippen molar-refractivity contribution in [1.82, 2.24) is 15.2 Å². The predicted molar refractivity (Wildman–Crippen MR) is 122 cm³/mol.